The van der Waals surface area contributed by atoms with E-state index < -0.39 is 0 Å². The van der Waals surface area contributed by atoms with Crippen molar-refractivity contribution in [2.75, 3.05) is 20.6 Å². The lowest BCUT2D eigenvalue weighted by Gasteiger charge is -2.26. The summed E-state index contributed by atoms with van der Waals surface area (Å²) in [5.41, 5.74) is 5.40. The monoisotopic (exact) mass is 456 g/mol. The highest BCUT2D eigenvalue weighted by Gasteiger charge is 2.32. The van der Waals surface area contributed by atoms with Gasteiger partial charge in [0.1, 0.15) is 5.82 Å². The highest BCUT2D eigenvalue weighted by Crippen LogP contribution is 2.44. The predicted molar refractivity (Wildman–Crippen MR) is 132 cm³/mol. The second-order valence-electron chi connectivity index (χ2n) is 8.87. The van der Waals surface area contributed by atoms with Crippen LogP contribution in [0.25, 0.3) is 20.5 Å². The number of halogens is 1. The molecule has 0 aliphatic carbocycles. The number of fused-ring (bicyclic) bond motifs is 2. The van der Waals surface area contributed by atoms with Crippen LogP contribution in [0.15, 0.2) is 66.7 Å². The van der Waals surface area contributed by atoms with Crippen molar-refractivity contribution in [1.82, 2.24) is 4.90 Å². The maximum atomic E-state index is 13.6. The highest BCUT2D eigenvalue weighted by atomic mass is 32.1. The van der Waals surface area contributed by atoms with Gasteiger partial charge in [0.15, 0.2) is 0 Å². The zero-order chi connectivity index (χ0) is 22.9. The van der Waals surface area contributed by atoms with Crippen LogP contribution >= 0.6 is 11.3 Å². The average Bonchev–Trinajstić information content (AvgIpc) is 3.43. The molecule has 5 heteroatoms. The van der Waals surface area contributed by atoms with Crippen molar-refractivity contribution in [2.45, 2.75) is 25.0 Å². The minimum atomic E-state index is -0.215. The van der Waals surface area contributed by atoms with Crippen molar-refractivity contribution in [2.24, 2.45) is 0 Å². The van der Waals surface area contributed by atoms with Crippen molar-refractivity contribution in [3.05, 3.63) is 94.8 Å². The Morgan fingerprint density at radius 2 is 1.91 bits per heavy atom. The molecule has 4 aromatic rings. The largest absolute Gasteiger partial charge is 0.368 e. The molecule has 5 rings (SSSR count). The molecular formula is C28H25FN2OS. The number of nitriles is 1. The van der Waals surface area contributed by atoms with Crippen LogP contribution in [0, 0.1) is 17.1 Å². The third kappa shape index (κ3) is 4.43. The van der Waals surface area contributed by atoms with E-state index in [2.05, 4.69) is 49.3 Å². The van der Waals surface area contributed by atoms with Crippen LogP contribution in [0.2, 0.25) is 0 Å². The molecule has 2 atom stereocenters. The Kier molecular flexibility index (Phi) is 5.99. The van der Waals surface area contributed by atoms with Gasteiger partial charge in [0.2, 0.25) is 0 Å². The number of hydrogen-bond donors (Lipinski definition) is 0. The van der Waals surface area contributed by atoms with Crippen LogP contribution in [0.3, 0.4) is 0 Å². The van der Waals surface area contributed by atoms with E-state index in [1.54, 1.807) is 11.3 Å². The summed E-state index contributed by atoms with van der Waals surface area (Å²) >= 11 is 1.74. The number of ether oxygens (including phenoxy) is 1. The van der Waals surface area contributed by atoms with Crippen LogP contribution in [0.5, 0.6) is 0 Å². The normalized spacial score (nSPS) is 16.2. The summed E-state index contributed by atoms with van der Waals surface area (Å²) in [6, 6.07) is 23.7. The highest BCUT2D eigenvalue weighted by molar-refractivity contribution is 7.22. The Hall–Kier alpha value is -3.04. The number of rotatable bonds is 6. The number of hydrogen-bond acceptors (Lipinski definition) is 4. The summed E-state index contributed by atoms with van der Waals surface area (Å²) in [6.07, 6.45) is 0.891. The van der Waals surface area contributed by atoms with Gasteiger partial charge >= 0.3 is 0 Å². The van der Waals surface area contributed by atoms with Crippen LogP contribution in [0.4, 0.5) is 4.39 Å². The van der Waals surface area contributed by atoms with Gasteiger partial charge in [-0.3, -0.25) is 0 Å². The van der Waals surface area contributed by atoms with E-state index in [1.807, 2.05) is 30.3 Å². The zero-order valence-electron chi connectivity index (χ0n) is 18.7. The van der Waals surface area contributed by atoms with Crippen molar-refractivity contribution < 1.29 is 9.13 Å². The van der Waals surface area contributed by atoms with Crippen LogP contribution < -0.4 is 0 Å². The molecule has 3 nitrogen and oxygen atoms in total. The summed E-state index contributed by atoms with van der Waals surface area (Å²) in [7, 11) is 4.14. The van der Waals surface area contributed by atoms with Gasteiger partial charge in [0.25, 0.3) is 0 Å². The number of nitrogens with zero attached hydrogens (tertiary/aromatic N) is 2. The summed E-state index contributed by atoms with van der Waals surface area (Å²) in [4.78, 5) is 3.36. The summed E-state index contributed by atoms with van der Waals surface area (Å²) in [5, 5.41) is 10.3. The standard InChI is InChI=1S/C28H25FN2OS/c1-31(2)12-11-25(19-4-7-23(29)8-5-19)28-24-9-6-20(14-22(24)17-32-28)27-15-21-13-18(16-30)3-10-26(21)33-27/h3-10,13-15,25,28H,11-12,17H2,1-2H3. The smallest absolute Gasteiger partial charge is 0.123 e. The van der Waals surface area contributed by atoms with Gasteiger partial charge in [-0.15, -0.1) is 11.3 Å². The van der Waals surface area contributed by atoms with Gasteiger partial charge in [0.05, 0.1) is 24.3 Å². The molecule has 2 unspecified atom stereocenters. The second kappa shape index (κ2) is 9.07. The number of benzene rings is 3. The Bertz CT molecular complexity index is 1340. The van der Waals surface area contributed by atoms with E-state index >= 15 is 0 Å². The van der Waals surface area contributed by atoms with Gasteiger partial charge < -0.3 is 9.64 Å². The minimum absolute atomic E-state index is 0.0416. The topological polar surface area (TPSA) is 36.3 Å². The van der Waals surface area contributed by atoms with Gasteiger partial charge in [-0.1, -0.05) is 24.3 Å². The molecule has 0 radical (unpaired) electrons. The van der Waals surface area contributed by atoms with E-state index in [0.717, 1.165) is 23.9 Å². The fourth-order valence-electron chi connectivity index (χ4n) is 4.62. The van der Waals surface area contributed by atoms with E-state index in [-0.39, 0.29) is 17.8 Å². The van der Waals surface area contributed by atoms with Gasteiger partial charge in [-0.25, -0.2) is 4.39 Å². The quantitative estimate of drug-likeness (QED) is 0.317. The summed E-state index contributed by atoms with van der Waals surface area (Å²) in [5.74, 6) is -0.0541. The van der Waals surface area contributed by atoms with Crippen molar-refractivity contribution >= 4 is 21.4 Å². The minimum Gasteiger partial charge on any atom is -0.368 e. The molecule has 1 aromatic heterocycles. The van der Waals surface area contributed by atoms with Crippen LogP contribution in [-0.2, 0) is 11.3 Å². The maximum Gasteiger partial charge on any atom is 0.123 e. The first-order valence-corrected chi connectivity index (χ1v) is 11.9. The van der Waals surface area contributed by atoms with E-state index in [4.69, 9.17) is 4.74 Å². The van der Waals surface area contributed by atoms with E-state index in [9.17, 15) is 9.65 Å². The molecule has 1 aliphatic rings. The first kappa shape index (κ1) is 21.8. The fraction of sp³-hybridized carbons (Fsp3) is 0.250. The third-order valence-electron chi connectivity index (χ3n) is 6.35. The Morgan fingerprint density at radius 3 is 2.67 bits per heavy atom. The second-order valence-corrected chi connectivity index (χ2v) is 9.95. The molecular weight excluding hydrogens is 431 g/mol. The van der Waals surface area contributed by atoms with Gasteiger partial charge in [-0.2, -0.15) is 5.26 Å². The predicted octanol–water partition coefficient (Wildman–Crippen LogP) is 6.89. The number of thiophene rings is 1. The maximum absolute atomic E-state index is 13.6. The molecule has 0 saturated carbocycles. The lowest BCUT2D eigenvalue weighted by molar-refractivity contribution is 0.0420. The van der Waals surface area contributed by atoms with Gasteiger partial charge in [0, 0.05) is 15.5 Å². The fourth-order valence-corrected chi connectivity index (χ4v) is 5.66. The summed E-state index contributed by atoms with van der Waals surface area (Å²) in [6.45, 7) is 1.51. The molecule has 3 aromatic carbocycles. The Balaban J connectivity index is 1.46. The van der Waals surface area contributed by atoms with E-state index in [1.165, 1.54) is 38.4 Å². The lowest BCUT2D eigenvalue weighted by atomic mass is 9.85. The molecule has 0 N–H and O–H groups in total. The molecule has 33 heavy (non-hydrogen) atoms. The van der Waals surface area contributed by atoms with E-state index in [0.29, 0.717) is 12.2 Å². The Morgan fingerprint density at radius 1 is 1.09 bits per heavy atom. The third-order valence-corrected chi connectivity index (χ3v) is 7.51. The molecule has 166 valence electrons. The molecule has 0 bridgehead atoms. The van der Waals surface area contributed by atoms with Crippen molar-refractivity contribution in [3.63, 3.8) is 0 Å². The molecule has 0 saturated heterocycles. The molecule has 0 spiro atoms. The van der Waals surface area contributed by atoms with Gasteiger partial charge in [-0.05, 0) is 97.2 Å². The lowest BCUT2D eigenvalue weighted by Crippen LogP contribution is -2.19. The molecule has 0 fully saturated rings. The first-order valence-electron chi connectivity index (χ1n) is 11.1. The van der Waals surface area contributed by atoms with Crippen LogP contribution in [-0.4, -0.2) is 25.5 Å². The summed E-state index contributed by atoms with van der Waals surface area (Å²) < 4.78 is 21.1. The van der Waals surface area contributed by atoms with Crippen molar-refractivity contribution in [1.29, 1.82) is 5.26 Å². The average molecular weight is 457 g/mol. The first-order chi connectivity index (χ1) is 16.0. The molecule has 0 amide bonds. The SMILES string of the molecule is CN(C)CCC(c1ccc(F)cc1)C1OCc2cc(-c3cc4cc(C#N)ccc4s3)ccc21. The molecule has 2 heterocycles. The van der Waals surface area contributed by atoms with Crippen LogP contribution in [0.1, 0.15) is 40.7 Å². The van der Waals surface area contributed by atoms with Crippen molar-refractivity contribution in [3.8, 4) is 16.5 Å². The Labute approximate surface area is 197 Å². The zero-order valence-corrected chi connectivity index (χ0v) is 19.5. The molecule has 1 aliphatic heterocycles.